The maximum atomic E-state index is 11.8. The van der Waals surface area contributed by atoms with Crippen LogP contribution in [0.25, 0.3) is 0 Å². The van der Waals surface area contributed by atoms with Gasteiger partial charge in [0, 0.05) is 18.6 Å². The molecule has 0 heterocycles. The van der Waals surface area contributed by atoms with Crippen LogP contribution >= 0.6 is 0 Å². The first-order chi connectivity index (χ1) is 16.5. The molecule has 0 aromatic heterocycles. The molecule has 34 heavy (non-hydrogen) atoms. The lowest BCUT2D eigenvalue weighted by Gasteiger charge is -2.43. The van der Waals surface area contributed by atoms with Gasteiger partial charge in [-0.25, -0.2) is 4.79 Å². The largest absolute Gasteiger partial charge is 0.462 e. The molecule has 0 radical (unpaired) electrons. The van der Waals surface area contributed by atoms with Crippen LogP contribution in [-0.2, 0) is 14.3 Å². The Morgan fingerprint density at radius 2 is 1.41 bits per heavy atom. The van der Waals surface area contributed by atoms with Crippen LogP contribution in [0.1, 0.15) is 117 Å². The Labute approximate surface area is 210 Å². The van der Waals surface area contributed by atoms with Crippen molar-refractivity contribution in [3.8, 4) is 0 Å². The average Bonchev–Trinajstić information content (AvgIpc) is 2.85. The lowest BCUT2D eigenvalue weighted by molar-refractivity contribution is -0.141. The fourth-order valence-corrected chi connectivity index (χ4v) is 7.55. The summed E-state index contributed by atoms with van der Waals surface area (Å²) in [6, 6.07) is 0. The summed E-state index contributed by atoms with van der Waals surface area (Å²) in [5.74, 6) is 5.74. The number of carbonyl (C=O) groups excluding carboxylic acids is 1. The van der Waals surface area contributed by atoms with Gasteiger partial charge < -0.3 is 9.47 Å². The zero-order valence-corrected chi connectivity index (χ0v) is 22.7. The van der Waals surface area contributed by atoms with Gasteiger partial charge in [0.25, 0.3) is 0 Å². The topological polar surface area (TPSA) is 35.5 Å². The highest BCUT2D eigenvalue weighted by atomic mass is 16.5. The number of methoxy groups -OCH3 is 1. The van der Waals surface area contributed by atoms with Crippen LogP contribution in [0.3, 0.4) is 0 Å². The highest BCUT2D eigenvalue weighted by Gasteiger charge is 2.36. The number of esters is 1. The van der Waals surface area contributed by atoms with Crippen LogP contribution in [-0.4, -0.2) is 26.3 Å². The minimum Gasteiger partial charge on any atom is -0.462 e. The number of hydrogen-bond donors (Lipinski definition) is 0. The Morgan fingerprint density at radius 1 is 0.824 bits per heavy atom. The van der Waals surface area contributed by atoms with Gasteiger partial charge in [0.05, 0.1) is 13.2 Å². The molecule has 0 amide bonds. The fourth-order valence-electron chi connectivity index (χ4n) is 7.55. The molecule has 3 heteroatoms. The number of carbonyl (C=O) groups is 1. The standard InChI is InChI=1S/C31H54O3/c1-5-6-7-8-25-13-17-29-20-26(14-18-28(29)19-25)10-9-24-11-15-27(16-12-24)30(21-33-4)22-34-31(32)23(2)3/h24-30H,2,5-22H2,1,3-4H3. The molecule has 3 aliphatic carbocycles. The van der Waals surface area contributed by atoms with Crippen molar-refractivity contribution < 1.29 is 14.3 Å². The molecule has 0 spiro atoms. The average molecular weight is 475 g/mol. The third-order valence-corrected chi connectivity index (χ3v) is 9.75. The first kappa shape index (κ1) is 27.8. The van der Waals surface area contributed by atoms with Crippen LogP contribution in [0, 0.1) is 41.4 Å². The molecule has 0 bridgehead atoms. The van der Waals surface area contributed by atoms with Crippen molar-refractivity contribution in [2.24, 2.45) is 41.4 Å². The van der Waals surface area contributed by atoms with E-state index in [4.69, 9.17) is 9.47 Å². The third kappa shape index (κ3) is 8.68. The van der Waals surface area contributed by atoms with Gasteiger partial charge in [-0.3, -0.25) is 0 Å². The molecule has 3 aliphatic rings. The van der Waals surface area contributed by atoms with E-state index < -0.39 is 0 Å². The van der Waals surface area contributed by atoms with Gasteiger partial charge in [-0.2, -0.15) is 0 Å². The van der Waals surface area contributed by atoms with E-state index in [2.05, 4.69) is 13.5 Å². The van der Waals surface area contributed by atoms with Gasteiger partial charge in [-0.15, -0.1) is 0 Å². The molecule has 3 rings (SSSR count). The summed E-state index contributed by atoms with van der Waals surface area (Å²) in [5, 5.41) is 0. The summed E-state index contributed by atoms with van der Waals surface area (Å²) in [7, 11) is 1.76. The number of hydrogen-bond acceptors (Lipinski definition) is 3. The monoisotopic (exact) mass is 474 g/mol. The summed E-state index contributed by atoms with van der Waals surface area (Å²) >= 11 is 0. The minimum atomic E-state index is -0.269. The van der Waals surface area contributed by atoms with E-state index >= 15 is 0 Å². The second-order valence-corrected chi connectivity index (χ2v) is 12.3. The lowest BCUT2D eigenvalue weighted by Crippen LogP contribution is -2.31. The summed E-state index contributed by atoms with van der Waals surface area (Å²) in [6.07, 6.45) is 23.0. The molecular formula is C31H54O3. The van der Waals surface area contributed by atoms with E-state index in [0.29, 0.717) is 30.6 Å². The zero-order valence-electron chi connectivity index (χ0n) is 22.7. The molecule has 0 aromatic rings. The number of unbranched alkanes of at least 4 members (excludes halogenated alkanes) is 2. The predicted molar refractivity (Wildman–Crippen MR) is 142 cm³/mol. The summed E-state index contributed by atoms with van der Waals surface area (Å²) in [6.45, 7) is 8.89. The van der Waals surface area contributed by atoms with E-state index in [1.165, 1.54) is 96.3 Å². The van der Waals surface area contributed by atoms with Crippen molar-refractivity contribution in [1.29, 1.82) is 0 Å². The maximum absolute atomic E-state index is 11.8. The predicted octanol–water partition coefficient (Wildman–Crippen LogP) is 8.37. The van der Waals surface area contributed by atoms with E-state index in [9.17, 15) is 4.79 Å². The van der Waals surface area contributed by atoms with E-state index in [1.54, 1.807) is 20.5 Å². The molecule has 5 unspecified atom stereocenters. The lowest BCUT2D eigenvalue weighted by atomic mass is 9.63. The molecule has 196 valence electrons. The Bertz CT molecular complexity index is 606. The maximum Gasteiger partial charge on any atom is 0.333 e. The first-order valence-corrected chi connectivity index (χ1v) is 14.8. The minimum absolute atomic E-state index is 0.269. The Balaban J connectivity index is 1.33. The molecule has 0 saturated heterocycles. The molecule has 3 fully saturated rings. The first-order valence-electron chi connectivity index (χ1n) is 14.8. The van der Waals surface area contributed by atoms with Crippen LogP contribution in [0.4, 0.5) is 0 Å². The molecule has 0 aliphatic heterocycles. The quantitative estimate of drug-likeness (QED) is 0.153. The summed E-state index contributed by atoms with van der Waals surface area (Å²) in [4.78, 5) is 11.8. The Hall–Kier alpha value is -0.830. The molecular weight excluding hydrogens is 420 g/mol. The molecule has 3 saturated carbocycles. The third-order valence-electron chi connectivity index (χ3n) is 9.75. The van der Waals surface area contributed by atoms with Crippen LogP contribution in [0.15, 0.2) is 12.2 Å². The SMILES string of the molecule is C=C(C)C(=O)OCC(COC)C1CCC(CCC2CCC3CC(CCCCC)CCC3C2)CC1. The van der Waals surface area contributed by atoms with Crippen LogP contribution in [0.2, 0.25) is 0 Å². The number of fused-ring (bicyclic) bond motifs is 1. The van der Waals surface area contributed by atoms with Gasteiger partial charge in [0.15, 0.2) is 0 Å². The van der Waals surface area contributed by atoms with Gasteiger partial charge >= 0.3 is 5.97 Å². The highest BCUT2D eigenvalue weighted by Crippen LogP contribution is 2.47. The Morgan fingerprint density at radius 3 is 2.00 bits per heavy atom. The molecule has 5 atom stereocenters. The molecule has 0 aromatic carbocycles. The second-order valence-electron chi connectivity index (χ2n) is 12.3. The second kappa shape index (κ2) is 14.7. The highest BCUT2D eigenvalue weighted by molar-refractivity contribution is 5.86. The van der Waals surface area contributed by atoms with E-state index in [0.717, 1.165) is 29.6 Å². The molecule has 3 nitrogen and oxygen atoms in total. The zero-order chi connectivity index (χ0) is 24.3. The summed E-state index contributed by atoms with van der Waals surface area (Å²) < 4.78 is 10.9. The smallest absolute Gasteiger partial charge is 0.333 e. The van der Waals surface area contributed by atoms with Crippen LogP contribution in [0.5, 0.6) is 0 Å². The van der Waals surface area contributed by atoms with Crippen molar-refractivity contribution in [3.63, 3.8) is 0 Å². The van der Waals surface area contributed by atoms with Crippen LogP contribution < -0.4 is 0 Å². The molecule has 0 N–H and O–H groups in total. The van der Waals surface area contributed by atoms with Gasteiger partial charge in [-0.05, 0) is 81.0 Å². The number of rotatable bonds is 13. The van der Waals surface area contributed by atoms with Crippen molar-refractivity contribution in [2.75, 3.05) is 20.3 Å². The van der Waals surface area contributed by atoms with E-state index in [1.807, 2.05) is 0 Å². The Kier molecular flexibility index (Phi) is 12.0. The van der Waals surface area contributed by atoms with E-state index in [-0.39, 0.29) is 5.97 Å². The van der Waals surface area contributed by atoms with Crippen molar-refractivity contribution in [3.05, 3.63) is 12.2 Å². The normalized spacial score (nSPS) is 32.6. The van der Waals surface area contributed by atoms with Crippen molar-refractivity contribution in [2.45, 2.75) is 117 Å². The number of ether oxygens (including phenoxy) is 2. The van der Waals surface area contributed by atoms with Gasteiger partial charge in [0.1, 0.15) is 0 Å². The fraction of sp³-hybridized carbons (Fsp3) is 0.903. The summed E-state index contributed by atoms with van der Waals surface area (Å²) in [5.41, 5.74) is 0.480. The van der Waals surface area contributed by atoms with Gasteiger partial charge in [0.2, 0.25) is 0 Å². The van der Waals surface area contributed by atoms with Crippen molar-refractivity contribution in [1.82, 2.24) is 0 Å². The van der Waals surface area contributed by atoms with Gasteiger partial charge in [-0.1, -0.05) is 77.7 Å². The van der Waals surface area contributed by atoms with Crippen molar-refractivity contribution >= 4 is 5.97 Å².